The van der Waals surface area contributed by atoms with Gasteiger partial charge in [0, 0.05) is 12.2 Å². The number of nitrogens with zero attached hydrogens (tertiary/aromatic N) is 3. The smallest absolute Gasteiger partial charge is 0.249 e. The van der Waals surface area contributed by atoms with Crippen molar-refractivity contribution in [2.45, 2.75) is 20.3 Å². The number of hydrogen-bond donors (Lipinski definition) is 2. The molecule has 0 amide bonds. The highest BCUT2D eigenvalue weighted by Crippen LogP contribution is 2.27. The third-order valence-electron chi connectivity index (χ3n) is 4.49. The van der Waals surface area contributed by atoms with Crippen LogP contribution in [0.15, 0.2) is 42.6 Å². The van der Waals surface area contributed by atoms with Crippen LogP contribution in [0, 0.1) is 13.8 Å². The van der Waals surface area contributed by atoms with Crippen LogP contribution in [-0.4, -0.2) is 35.9 Å². The Morgan fingerprint density at radius 1 is 0.929 bits per heavy atom. The van der Waals surface area contributed by atoms with Crippen LogP contribution in [0.1, 0.15) is 16.7 Å². The lowest BCUT2D eigenvalue weighted by molar-refractivity contribution is 0.354. The molecule has 7 heteroatoms. The Balaban J connectivity index is 1.59. The summed E-state index contributed by atoms with van der Waals surface area (Å²) in [7, 11) is 3.27. The van der Waals surface area contributed by atoms with Crippen molar-refractivity contribution in [3.8, 4) is 11.5 Å². The Bertz CT molecular complexity index is 946. The van der Waals surface area contributed by atoms with Crippen molar-refractivity contribution in [2.24, 2.45) is 0 Å². The molecule has 3 rings (SSSR count). The molecule has 0 saturated heterocycles. The van der Waals surface area contributed by atoms with E-state index in [-0.39, 0.29) is 0 Å². The molecule has 0 saturated carbocycles. The third kappa shape index (κ3) is 4.88. The van der Waals surface area contributed by atoms with Gasteiger partial charge in [-0.15, -0.1) is 5.10 Å². The van der Waals surface area contributed by atoms with Crippen molar-refractivity contribution < 1.29 is 9.47 Å². The number of anilines is 3. The molecule has 0 bridgehead atoms. The van der Waals surface area contributed by atoms with Gasteiger partial charge in [-0.2, -0.15) is 10.1 Å². The molecule has 0 aliphatic rings. The number of rotatable bonds is 8. The Morgan fingerprint density at radius 3 is 2.50 bits per heavy atom. The Hall–Kier alpha value is -3.35. The molecule has 0 unspecified atom stereocenters. The Kier molecular flexibility index (Phi) is 6.26. The normalized spacial score (nSPS) is 10.4. The minimum Gasteiger partial charge on any atom is -0.493 e. The number of aromatic nitrogens is 3. The summed E-state index contributed by atoms with van der Waals surface area (Å²) in [5, 5.41) is 14.5. The highest BCUT2D eigenvalue weighted by Gasteiger charge is 2.06. The molecule has 28 heavy (non-hydrogen) atoms. The van der Waals surface area contributed by atoms with E-state index in [9.17, 15) is 0 Å². The number of ether oxygens (including phenoxy) is 2. The molecule has 0 aliphatic heterocycles. The minimum atomic E-state index is 0.458. The second-order valence-corrected chi connectivity index (χ2v) is 6.46. The van der Waals surface area contributed by atoms with E-state index in [1.807, 2.05) is 24.3 Å². The maximum Gasteiger partial charge on any atom is 0.249 e. The van der Waals surface area contributed by atoms with E-state index in [2.05, 4.69) is 51.8 Å². The van der Waals surface area contributed by atoms with Crippen LogP contribution in [0.5, 0.6) is 11.5 Å². The molecular weight excluding hydrogens is 354 g/mol. The second-order valence-electron chi connectivity index (χ2n) is 6.46. The SMILES string of the molecule is COc1ccc(CCNc2cnnc(Nc3ccc(C)c(C)c3)n2)cc1OC. The van der Waals surface area contributed by atoms with E-state index in [1.165, 1.54) is 11.1 Å². The molecule has 0 fully saturated rings. The van der Waals surface area contributed by atoms with Gasteiger partial charge in [0.05, 0.1) is 20.4 Å². The van der Waals surface area contributed by atoms with Crippen molar-refractivity contribution in [3.05, 3.63) is 59.3 Å². The van der Waals surface area contributed by atoms with Gasteiger partial charge in [0.1, 0.15) is 0 Å². The summed E-state index contributed by atoms with van der Waals surface area (Å²) < 4.78 is 10.6. The Labute approximate surface area is 165 Å². The van der Waals surface area contributed by atoms with E-state index in [0.29, 0.717) is 18.3 Å². The summed E-state index contributed by atoms with van der Waals surface area (Å²) in [6.07, 6.45) is 2.42. The number of hydrogen-bond acceptors (Lipinski definition) is 7. The zero-order chi connectivity index (χ0) is 19.9. The predicted molar refractivity (Wildman–Crippen MR) is 111 cm³/mol. The summed E-state index contributed by atoms with van der Waals surface area (Å²) in [5.41, 5.74) is 4.53. The fourth-order valence-corrected chi connectivity index (χ4v) is 2.76. The average Bonchev–Trinajstić information content (AvgIpc) is 2.71. The van der Waals surface area contributed by atoms with Crippen LogP contribution in [0.2, 0.25) is 0 Å². The van der Waals surface area contributed by atoms with Crippen molar-refractivity contribution in [1.82, 2.24) is 15.2 Å². The van der Waals surface area contributed by atoms with Gasteiger partial charge in [0.2, 0.25) is 5.95 Å². The monoisotopic (exact) mass is 379 g/mol. The zero-order valence-electron chi connectivity index (χ0n) is 16.6. The highest BCUT2D eigenvalue weighted by atomic mass is 16.5. The molecule has 0 atom stereocenters. The van der Waals surface area contributed by atoms with Crippen LogP contribution < -0.4 is 20.1 Å². The van der Waals surface area contributed by atoms with Gasteiger partial charge in [-0.25, -0.2) is 0 Å². The summed E-state index contributed by atoms with van der Waals surface area (Å²) in [6.45, 7) is 4.86. The van der Waals surface area contributed by atoms with E-state index in [4.69, 9.17) is 9.47 Å². The molecule has 3 aromatic rings. The maximum atomic E-state index is 5.35. The average molecular weight is 379 g/mol. The first-order valence-electron chi connectivity index (χ1n) is 9.08. The molecule has 0 aliphatic carbocycles. The first-order valence-corrected chi connectivity index (χ1v) is 9.08. The number of aryl methyl sites for hydroxylation is 2. The first kappa shape index (κ1) is 19.4. The predicted octanol–water partition coefficient (Wildman–Crippen LogP) is 3.90. The van der Waals surface area contributed by atoms with Gasteiger partial charge in [-0.05, 0) is 61.2 Å². The van der Waals surface area contributed by atoms with Crippen molar-refractivity contribution in [2.75, 3.05) is 31.4 Å². The lowest BCUT2D eigenvalue weighted by atomic mass is 10.1. The molecule has 2 aromatic carbocycles. The standard InChI is InChI=1S/C21H25N5O2/c1-14-5-7-17(11-15(14)2)24-21-25-20(13-23-26-21)22-10-9-16-6-8-18(27-3)19(12-16)28-4/h5-8,11-13H,9-10H2,1-4H3,(H2,22,24,25,26). The second kappa shape index (κ2) is 9.03. The van der Waals surface area contributed by atoms with Crippen molar-refractivity contribution >= 4 is 17.5 Å². The first-order chi connectivity index (χ1) is 13.6. The van der Waals surface area contributed by atoms with Crippen molar-refractivity contribution in [3.63, 3.8) is 0 Å². The summed E-state index contributed by atoms with van der Waals surface area (Å²) in [6, 6.07) is 12.0. The zero-order valence-corrected chi connectivity index (χ0v) is 16.6. The maximum absolute atomic E-state index is 5.35. The van der Waals surface area contributed by atoms with Gasteiger partial charge >= 0.3 is 0 Å². The van der Waals surface area contributed by atoms with Crippen LogP contribution in [0.3, 0.4) is 0 Å². The summed E-state index contributed by atoms with van der Waals surface area (Å²) in [4.78, 5) is 4.47. The molecule has 1 aromatic heterocycles. The Morgan fingerprint density at radius 2 is 1.75 bits per heavy atom. The molecule has 1 heterocycles. The van der Waals surface area contributed by atoms with Crippen LogP contribution in [0.25, 0.3) is 0 Å². The quantitative estimate of drug-likeness (QED) is 0.614. The van der Waals surface area contributed by atoms with Gasteiger partial charge in [0.15, 0.2) is 17.3 Å². The number of methoxy groups -OCH3 is 2. The third-order valence-corrected chi connectivity index (χ3v) is 4.49. The fourth-order valence-electron chi connectivity index (χ4n) is 2.76. The van der Waals surface area contributed by atoms with Gasteiger partial charge in [-0.1, -0.05) is 12.1 Å². The van der Waals surface area contributed by atoms with E-state index in [1.54, 1.807) is 20.4 Å². The van der Waals surface area contributed by atoms with Crippen molar-refractivity contribution in [1.29, 1.82) is 0 Å². The molecule has 146 valence electrons. The number of benzene rings is 2. The lowest BCUT2D eigenvalue weighted by Gasteiger charge is -2.11. The van der Waals surface area contributed by atoms with E-state index >= 15 is 0 Å². The molecule has 0 spiro atoms. The van der Waals surface area contributed by atoms with Crippen LogP contribution in [-0.2, 0) is 6.42 Å². The number of nitrogens with one attached hydrogen (secondary N) is 2. The summed E-state index contributed by atoms with van der Waals surface area (Å²) in [5.74, 6) is 2.58. The molecule has 0 radical (unpaired) electrons. The van der Waals surface area contributed by atoms with Crippen LogP contribution in [0.4, 0.5) is 17.5 Å². The van der Waals surface area contributed by atoms with E-state index in [0.717, 1.165) is 29.2 Å². The highest BCUT2D eigenvalue weighted by molar-refractivity contribution is 5.56. The summed E-state index contributed by atoms with van der Waals surface area (Å²) >= 11 is 0. The van der Waals surface area contributed by atoms with Gasteiger partial charge < -0.3 is 20.1 Å². The van der Waals surface area contributed by atoms with Gasteiger partial charge in [0.25, 0.3) is 0 Å². The van der Waals surface area contributed by atoms with Crippen LogP contribution >= 0.6 is 0 Å². The molecule has 2 N–H and O–H groups in total. The fraction of sp³-hybridized carbons (Fsp3) is 0.286. The largest absolute Gasteiger partial charge is 0.493 e. The minimum absolute atomic E-state index is 0.458. The van der Waals surface area contributed by atoms with Gasteiger partial charge in [-0.3, -0.25) is 0 Å². The van der Waals surface area contributed by atoms with E-state index < -0.39 is 0 Å². The topological polar surface area (TPSA) is 81.2 Å². The molecular formula is C21H25N5O2. The lowest BCUT2D eigenvalue weighted by Crippen LogP contribution is -2.09. The molecule has 7 nitrogen and oxygen atoms in total.